The van der Waals surface area contributed by atoms with Crippen LogP contribution in [-0.2, 0) is 11.2 Å². The zero-order valence-electron chi connectivity index (χ0n) is 17.8. The van der Waals surface area contributed by atoms with Gasteiger partial charge in [-0.05, 0) is 30.7 Å². The molecule has 1 aromatic carbocycles. The Morgan fingerprint density at radius 3 is 2.69 bits per heavy atom. The van der Waals surface area contributed by atoms with Crippen LogP contribution in [0.1, 0.15) is 5.56 Å². The van der Waals surface area contributed by atoms with Crippen LogP contribution in [0.15, 0.2) is 48.8 Å². The topological polar surface area (TPSA) is 92.7 Å². The van der Waals surface area contributed by atoms with Crippen molar-refractivity contribution in [2.24, 2.45) is 0 Å². The number of carbonyl (C=O) groups is 1. The fourth-order valence-corrected chi connectivity index (χ4v) is 4.03. The Labute approximate surface area is 186 Å². The minimum atomic E-state index is -0.507. The largest absolute Gasteiger partial charge is 0.412 e. The Bertz CT molecular complexity index is 1120. The molecule has 0 aliphatic carbocycles. The zero-order chi connectivity index (χ0) is 21.9. The minimum absolute atomic E-state index is 0.464. The van der Waals surface area contributed by atoms with Crippen LogP contribution >= 0.6 is 0 Å². The van der Waals surface area contributed by atoms with E-state index in [0.29, 0.717) is 24.9 Å². The summed E-state index contributed by atoms with van der Waals surface area (Å²) in [5.41, 5.74) is 3.87. The van der Waals surface area contributed by atoms with Crippen LogP contribution in [0, 0.1) is 0 Å². The Hall–Kier alpha value is -3.72. The van der Waals surface area contributed by atoms with Crippen molar-refractivity contribution in [2.45, 2.75) is 6.42 Å². The van der Waals surface area contributed by atoms with Gasteiger partial charge in [0, 0.05) is 55.9 Å². The van der Waals surface area contributed by atoms with Crippen molar-refractivity contribution in [1.29, 1.82) is 0 Å². The van der Waals surface area contributed by atoms with Gasteiger partial charge in [0.05, 0.1) is 18.9 Å². The van der Waals surface area contributed by atoms with Gasteiger partial charge in [0.15, 0.2) is 0 Å². The number of rotatable bonds is 4. The van der Waals surface area contributed by atoms with Gasteiger partial charge >= 0.3 is 6.09 Å². The van der Waals surface area contributed by atoms with Gasteiger partial charge in [0.2, 0.25) is 5.95 Å². The maximum Gasteiger partial charge on any atom is 0.412 e. The highest BCUT2D eigenvalue weighted by molar-refractivity contribution is 5.78. The quantitative estimate of drug-likeness (QED) is 0.673. The standard InChI is InChI=1S/C23H24N6O3/c1-24-23(30)32-18-4-2-3-16(15-18)20-19-7-10-29(17-5-8-25-9-6-17)21(19)27-22(26-20)28-11-13-31-14-12-28/h2-6,8-9,15H,7,10-14H2,1H3,(H,24,30). The smallest absolute Gasteiger partial charge is 0.410 e. The molecule has 0 saturated carbocycles. The van der Waals surface area contributed by atoms with Crippen molar-refractivity contribution in [3.63, 3.8) is 0 Å². The average molecular weight is 432 g/mol. The minimum Gasteiger partial charge on any atom is -0.410 e. The fraction of sp³-hybridized carbons (Fsp3) is 0.304. The van der Waals surface area contributed by atoms with Gasteiger partial charge in [0.25, 0.3) is 0 Å². The summed E-state index contributed by atoms with van der Waals surface area (Å²) in [6, 6.07) is 11.4. The number of hydrogen-bond donors (Lipinski definition) is 1. The Morgan fingerprint density at radius 1 is 1.09 bits per heavy atom. The van der Waals surface area contributed by atoms with E-state index < -0.39 is 6.09 Å². The second-order valence-electron chi connectivity index (χ2n) is 7.55. The summed E-state index contributed by atoms with van der Waals surface area (Å²) in [5.74, 6) is 2.05. The molecule has 3 aromatic rings. The molecule has 0 unspecified atom stereocenters. The Kier molecular flexibility index (Phi) is 5.55. The second-order valence-corrected chi connectivity index (χ2v) is 7.55. The van der Waals surface area contributed by atoms with Crippen LogP contribution in [0.3, 0.4) is 0 Å². The summed E-state index contributed by atoms with van der Waals surface area (Å²) in [6.07, 6.45) is 3.89. The summed E-state index contributed by atoms with van der Waals surface area (Å²) in [7, 11) is 1.53. The molecule has 0 spiro atoms. The van der Waals surface area contributed by atoms with Crippen molar-refractivity contribution in [3.05, 3.63) is 54.4 Å². The molecule has 9 heteroatoms. The maximum atomic E-state index is 11.7. The van der Waals surface area contributed by atoms with Crippen LogP contribution in [0.5, 0.6) is 5.75 Å². The molecule has 1 N–H and O–H groups in total. The van der Waals surface area contributed by atoms with Gasteiger partial charge in [-0.25, -0.2) is 9.78 Å². The van der Waals surface area contributed by atoms with Gasteiger partial charge < -0.3 is 24.6 Å². The second kappa shape index (κ2) is 8.80. The number of nitrogens with one attached hydrogen (secondary N) is 1. The van der Waals surface area contributed by atoms with E-state index >= 15 is 0 Å². The number of fused-ring (bicyclic) bond motifs is 1. The van der Waals surface area contributed by atoms with Gasteiger partial charge in [0.1, 0.15) is 11.6 Å². The molecule has 0 radical (unpaired) electrons. The molecular formula is C23H24N6O3. The summed E-state index contributed by atoms with van der Waals surface area (Å²) < 4.78 is 10.9. The molecule has 4 heterocycles. The number of aromatic nitrogens is 3. The van der Waals surface area contributed by atoms with E-state index in [-0.39, 0.29) is 0 Å². The number of morpholine rings is 1. The summed E-state index contributed by atoms with van der Waals surface area (Å²) in [6.45, 7) is 3.60. The first-order valence-electron chi connectivity index (χ1n) is 10.6. The predicted molar refractivity (Wildman–Crippen MR) is 121 cm³/mol. The lowest BCUT2D eigenvalue weighted by atomic mass is 10.1. The predicted octanol–water partition coefficient (Wildman–Crippen LogP) is 2.79. The first kappa shape index (κ1) is 20.2. The molecule has 1 amide bonds. The summed E-state index contributed by atoms with van der Waals surface area (Å²) in [4.78, 5) is 30.1. The lowest BCUT2D eigenvalue weighted by Gasteiger charge is -2.28. The van der Waals surface area contributed by atoms with E-state index in [1.807, 2.05) is 30.3 Å². The molecule has 0 atom stereocenters. The molecule has 0 bridgehead atoms. The fourth-order valence-electron chi connectivity index (χ4n) is 4.03. The Balaban J connectivity index is 1.60. The van der Waals surface area contributed by atoms with Crippen molar-refractivity contribution < 1.29 is 14.3 Å². The van der Waals surface area contributed by atoms with Crippen molar-refractivity contribution >= 4 is 23.5 Å². The molecule has 9 nitrogen and oxygen atoms in total. The van der Waals surface area contributed by atoms with Gasteiger partial charge in [-0.1, -0.05) is 12.1 Å². The molecular weight excluding hydrogens is 408 g/mol. The average Bonchev–Trinajstić information content (AvgIpc) is 3.29. The number of nitrogens with zero attached hydrogens (tertiary/aromatic N) is 5. The molecule has 1 saturated heterocycles. The normalized spacial score (nSPS) is 15.4. The van der Waals surface area contributed by atoms with Crippen molar-refractivity contribution in [3.8, 4) is 17.0 Å². The van der Waals surface area contributed by atoms with Crippen LogP contribution in [-0.4, -0.2) is 60.9 Å². The first-order chi connectivity index (χ1) is 15.7. The van der Waals surface area contributed by atoms with E-state index in [2.05, 4.69) is 20.1 Å². The lowest BCUT2D eigenvalue weighted by molar-refractivity contribution is 0.122. The summed E-state index contributed by atoms with van der Waals surface area (Å²) >= 11 is 0. The SMILES string of the molecule is CNC(=O)Oc1cccc(-c2nc(N3CCOCC3)nc3c2CCN3c2ccncc2)c1. The molecule has 5 rings (SSSR count). The third-order valence-electron chi connectivity index (χ3n) is 5.61. The number of ether oxygens (including phenoxy) is 2. The molecule has 1 fully saturated rings. The number of anilines is 3. The van der Waals surface area contributed by atoms with Crippen LogP contribution in [0.25, 0.3) is 11.3 Å². The monoisotopic (exact) mass is 432 g/mol. The molecule has 32 heavy (non-hydrogen) atoms. The zero-order valence-corrected chi connectivity index (χ0v) is 17.8. The van der Waals surface area contributed by atoms with Crippen LogP contribution in [0.4, 0.5) is 22.2 Å². The molecule has 2 aromatic heterocycles. The highest BCUT2D eigenvalue weighted by atomic mass is 16.5. The number of amides is 1. The molecule has 164 valence electrons. The maximum absolute atomic E-state index is 11.7. The first-order valence-corrected chi connectivity index (χ1v) is 10.6. The number of pyridine rings is 1. The number of benzene rings is 1. The highest BCUT2D eigenvalue weighted by Crippen LogP contribution is 2.39. The molecule has 2 aliphatic rings. The van der Waals surface area contributed by atoms with Crippen molar-refractivity contribution in [1.82, 2.24) is 20.3 Å². The van der Waals surface area contributed by atoms with E-state index in [9.17, 15) is 4.79 Å². The third kappa shape index (κ3) is 3.94. The van der Waals surface area contributed by atoms with Gasteiger partial charge in [-0.2, -0.15) is 4.98 Å². The van der Waals surface area contributed by atoms with E-state index in [0.717, 1.165) is 54.4 Å². The van der Waals surface area contributed by atoms with E-state index in [1.165, 1.54) is 7.05 Å². The number of hydrogen-bond acceptors (Lipinski definition) is 8. The molecule has 2 aliphatic heterocycles. The van der Waals surface area contributed by atoms with Crippen LogP contribution in [0.2, 0.25) is 0 Å². The van der Waals surface area contributed by atoms with Gasteiger partial charge in [-0.3, -0.25) is 4.98 Å². The summed E-state index contributed by atoms with van der Waals surface area (Å²) in [5, 5.41) is 2.47. The van der Waals surface area contributed by atoms with Crippen molar-refractivity contribution in [2.75, 3.05) is 49.7 Å². The van der Waals surface area contributed by atoms with E-state index in [4.69, 9.17) is 19.4 Å². The van der Waals surface area contributed by atoms with Gasteiger partial charge in [-0.15, -0.1) is 0 Å². The van der Waals surface area contributed by atoms with Crippen LogP contribution < -0.4 is 19.9 Å². The lowest BCUT2D eigenvalue weighted by Crippen LogP contribution is -2.37. The highest BCUT2D eigenvalue weighted by Gasteiger charge is 2.29. The van der Waals surface area contributed by atoms with E-state index in [1.54, 1.807) is 18.5 Å². The third-order valence-corrected chi connectivity index (χ3v) is 5.61. The number of carbonyl (C=O) groups excluding carboxylic acids is 1. The Morgan fingerprint density at radius 2 is 1.91 bits per heavy atom.